The number of aliphatic hydroxyl groups is 1. The average molecular weight is 234 g/mol. The topological polar surface area (TPSA) is 33.4 Å². The summed E-state index contributed by atoms with van der Waals surface area (Å²) >= 11 is 1.64. The molecule has 0 radical (unpaired) electrons. The molecule has 0 fully saturated rings. The van der Waals surface area contributed by atoms with Gasteiger partial charge in [0.2, 0.25) is 0 Å². The summed E-state index contributed by atoms with van der Waals surface area (Å²) in [5, 5.41) is 9.85. The zero-order chi connectivity index (χ0) is 11.4. The van der Waals surface area contributed by atoms with E-state index in [1.807, 2.05) is 12.1 Å². The number of furan rings is 1. The summed E-state index contributed by atoms with van der Waals surface area (Å²) in [6, 6.07) is 11.7. The lowest BCUT2D eigenvalue weighted by molar-refractivity contribution is 0.174. The van der Waals surface area contributed by atoms with Gasteiger partial charge in [-0.05, 0) is 30.7 Å². The van der Waals surface area contributed by atoms with Crippen molar-refractivity contribution in [2.75, 3.05) is 5.75 Å². The molecule has 1 aromatic heterocycles. The standard InChI is InChI=1S/C13H14O2S/c1-10-5-2-3-7-13(10)16-9-11(14)12-6-4-8-15-12/h2-8,11,14H,9H2,1H3. The van der Waals surface area contributed by atoms with Gasteiger partial charge in [0.15, 0.2) is 0 Å². The molecule has 84 valence electrons. The van der Waals surface area contributed by atoms with E-state index >= 15 is 0 Å². The van der Waals surface area contributed by atoms with E-state index in [0.717, 1.165) is 0 Å². The smallest absolute Gasteiger partial charge is 0.133 e. The van der Waals surface area contributed by atoms with E-state index in [9.17, 15) is 5.11 Å². The van der Waals surface area contributed by atoms with Gasteiger partial charge in [0.05, 0.1) is 6.26 Å². The van der Waals surface area contributed by atoms with E-state index in [0.29, 0.717) is 11.5 Å². The summed E-state index contributed by atoms with van der Waals surface area (Å²) < 4.78 is 5.15. The van der Waals surface area contributed by atoms with Crippen molar-refractivity contribution < 1.29 is 9.52 Å². The lowest BCUT2D eigenvalue weighted by atomic mass is 10.2. The number of aliphatic hydroxyl groups excluding tert-OH is 1. The maximum Gasteiger partial charge on any atom is 0.133 e. The van der Waals surface area contributed by atoms with Crippen LogP contribution in [0.15, 0.2) is 52.0 Å². The fourth-order valence-corrected chi connectivity index (χ4v) is 2.42. The fraction of sp³-hybridized carbons (Fsp3) is 0.231. The summed E-state index contributed by atoms with van der Waals surface area (Å²) in [5.74, 6) is 1.24. The van der Waals surface area contributed by atoms with Crippen LogP contribution in [-0.4, -0.2) is 10.9 Å². The van der Waals surface area contributed by atoms with Crippen molar-refractivity contribution in [1.82, 2.24) is 0 Å². The third-order valence-corrected chi connectivity index (χ3v) is 3.61. The van der Waals surface area contributed by atoms with Crippen molar-refractivity contribution in [3.05, 3.63) is 54.0 Å². The number of hydrogen-bond acceptors (Lipinski definition) is 3. The molecule has 0 aliphatic rings. The monoisotopic (exact) mass is 234 g/mol. The molecule has 0 spiro atoms. The van der Waals surface area contributed by atoms with Gasteiger partial charge in [0.1, 0.15) is 11.9 Å². The molecule has 0 bridgehead atoms. The molecule has 0 saturated heterocycles. The van der Waals surface area contributed by atoms with Crippen LogP contribution >= 0.6 is 11.8 Å². The third-order valence-electron chi connectivity index (χ3n) is 2.36. The van der Waals surface area contributed by atoms with Crippen LogP contribution in [0.5, 0.6) is 0 Å². The molecule has 1 unspecified atom stereocenters. The van der Waals surface area contributed by atoms with Crippen LogP contribution in [0.25, 0.3) is 0 Å². The minimum absolute atomic E-state index is 0.542. The molecule has 2 nitrogen and oxygen atoms in total. The Morgan fingerprint density at radius 3 is 2.75 bits per heavy atom. The lowest BCUT2D eigenvalue weighted by Crippen LogP contribution is -1.98. The molecular weight excluding hydrogens is 220 g/mol. The van der Waals surface area contributed by atoms with Crippen LogP contribution in [0.2, 0.25) is 0 Å². The van der Waals surface area contributed by atoms with E-state index in [2.05, 4.69) is 19.1 Å². The number of thioether (sulfide) groups is 1. The van der Waals surface area contributed by atoms with Gasteiger partial charge >= 0.3 is 0 Å². The van der Waals surface area contributed by atoms with E-state index in [1.165, 1.54) is 10.5 Å². The molecule has 2 aromatic rings. The Labute approximate surface area is 99.3 Å². The summed E-state index contributed by atoms with van der Waals surface area (Å²) in [5.41, 5.74) is 1.24. The Morgan fingerprint density at radius 1 is 1.25 bits per heavy atom. The van der Waals surface area contributed by atoms with Crippen molar-refractivity contribution >= 4 is 11.8 Å². The summed E-state index contributed by atoms with van der Waals surface area (Å²) in [4.78, 5) is 1.20. The molecule has 0 saturated carbocycles. The number of hydrogen-bond donors (Lipinski definition) is 1. The molecule has 0 amide bonds. The maximum atomic E-state index is 9.85. The van der Waals surface area contributed by atoms with E-state index < -0.39 is 6.10 Å². The quantitative estimate of drug-likeness (QED) is 0.823. The summed E-state index contributed by atoms with van der Waals surface area (Å²) in [6.45, 7) is 2.07. The van der Waals surface area contributed by atoms with E-state index in [1.54, 1.807) is 30.2 Å². The minimum Gasteiger partial charge on any atom is -0.467 e. The highest BCUT2D eigenvalue weighted by atomic mass is 32.2. The normalized spacial score (nSPS) is 12.6. The molecule has 0 aliphatic carbocycles. The van der Waals surface area contributed by atoms with Crippen molar-refractivity contribution in [2.45, 2.75) is 17.9 Å². The van der Waals surface area contributed by atoms with Crippen molar-refractivity contribution in [3.8, 4) is 0 Å². The third kappa shape index (κ3) is 2.68. The van der Waals surface area contributed by atoms with Gasteiger partial charge in [-0.1, -0.05) is 18.2 Å². The summed E-state index contributed by atoms with van der Waals surface area (Å²) in [7, 11) is 0. The van der Waals surface area contributed by atoms with Crippen LogP contribution in [-0.2, 0) is 0 Å². The van der Waals surface area contributed by atoms with E-state index in [4.69, 9.17) is 4.42 Å². The van der Waals surface area contributed by atoms with Gasteiger partial charge in [-0.3, -0.25) is 0 Å². The van der Waals surface area contributed by atoms with Gasteiger partial charge in [0.25, 0.3) is 0 Å². The predicted molar refractivity (Wildman–Crippen MR) is 65.6 cm³/mol. The maximum absolute atomic E-state index is 9.85. The summed E-state index contributed by atoms with van der Waals surface area (Å²) in [6.07, 6.45) is 1.04. The minimum atomic E-state index is -0.542. The van der Waals surface area contributed by atoms with Crippen molar-refractivity contribution in [1.29, 1.82) is 0 Å². The van der Waals surface area contributed by atoms with Gasteiger partial charge in [-0.15, -0.1) is 11.8 Å². The first-order valence-corrected chi connectivity index (χ1v) is 6.16. The molecule has 16 heavy (non-hydrogen) atoms. The Bertz CT molecular complexity index is 437. The van der Waals surface area contributed by atoms with Crippen molar-refractivity contribution in [3.63, 3.8) is 0 Å². The molecule has 1 N–H and O–H groups in total. The molecular formula is C13H14O2S. The first kappa shape index (κ1) is 11.3. The number of rotatable bonds is 4. The number of benzene rings is 1. The van der Waals surface area contributed by atoms with Crippen LogP contribution in [0.4, 0.5) is 0 Å². The van der Waals surface area contributed by atoms with Crippen LogP contribution < -0.4 is 0 Å². The van der Waals surface area contributed by atoms with E-state index in [-0.39, 0.29) is 0 Å². The second kappa shape index (κ2) is 5.23. The first-order chi connectivity index (χ1) is 7.77. The van der Waals surface area contributed by atoms with Crippen molar-refractivity contribution in [2.24, 2.45) is 0 Å². The molecule has 1 aromatic carbocycles. The largest absolute Gasteiger partial charge is 0.467 e. The van der Waals surface area contributed by atoms with Crippen LogP contribution in [0, 0.1) is 6.92 Å². The molecule has 1 atom stereocenters. The zero-order valence-electron chi connectivity index (χ0n) is 9.09. The van der Waals surface area contributed by atoms with Gasteiger partial charge in [0, 0.05) is 10.6 Å². The molecule has 0 aliphatic heterocycles. The van der Waals surface area contributed by atoms with Crippen LogP contribution in [0.1, 0.15) is 17.4 Å². The zero-order valence-corrected chi connectivity index (χ0v) is 9.91. The lowest BCUT2D eigenvalue weighted by Gasteiger charge is -2.08. The first-order valence-electron chi connectivity index (χ1n) is 5.17. The Morgan fingerprint density at radius 2 is 2.06 bits per heavy atom. The van der Waals surface area contributed by atoms with Crippen LogP contribution in [0.3, 0.4) is 0 Å². The van der Waals surface area contributed by atoms with Gasteiger partial charge in [-0.2, -0.15) is 0 Å². The Kier molecular flexibility index (Phi) is 3.70. The average Bonchev–Trinajstić information content (AvgIpc) is 2.81. The number of aryl methyl sites for hydroxylation is 1. The highest BCUT2D eigenvalue weighted by molar-refractivity contribution is 7.99. The second-order valence-electron chi connectivity index (χ2n) is 3.61. The highest BCUT2D eigenvalue weighted by Crippen LogP contribution is 2.26. The Balaban J connectivity index is 1.95. The Hall–Kier alpha value is -1.19. The second-order valence-corrected chi connectivity index (χ2v) is 4.67. The fourth-order valence-electron chi connectivity index (χ4n) is 1.45. The molecule has 3 heteroatoms. The highest BCUT2D eigenvalue weighted by Gasteiger charge is 2.11. The predicted octanol–water partition coefficient (Wildman–Crippen LogP) is 3.41. The SMILES string of the molecule is Cc1ccccc1SCC(O)c1ccco1. The molecule has 1 heterocycles. The molecule has 2 rings (SSSR count). The van der Waals surface area contributed by atoms with Gasteiger partial charge in [-0.25, -0.2) is 0 Å². The van der Waals surface area contributed by atoms with Gasteiger partial charge < -0.3 is 9.52 Å².